The third-order valence-corrected chi connectivity index (χ3v) is 2.78. The van der Waals surface area contributed by atoms with E-state index in [2.05, 4.69) is 10.1 Å². The van der Waals surface area contributed by atoms with Gasteiger partial charge in [-0.25, -0.2) is 0 Å². The fourth-order valence-corrected chi connectivity index (χ4v) is 1.76. The number of anilines is 1. The normalized spacial score (nSPS) is 10.5. The molecule has 7 heteroatoms. The molecule has 0 aliphatic carbocycles. The second-order valence-electron chi connectivity index (χ2n) is 4.02. The van der Waals surface area contributed by atoms with Crippen LogP contribution < -0.4 is 10.1 Å². The van der Waals surface area contributed by atoms with Gasteiger partial charge in [-0.1, -0.05) is 11.6 Å². The number of phenolic OH excluding ortho intramolecular Hbond substituents is 1. The van der Waals surface area contributed by atoms with Crippen molar-refractivity contribution >= 4 is 23.2 Å². The fraction of sp³-hybridized carbons (Fsp3) is 0.0714. The van der Waals surface area contributed by atoms with Crippen LogP contribution in [0.15, 0.2) is 42.5 Å². The molecular weight excluding hydrogens is 304 g/mol. The van der Waals surface area contributed by atoms with Crippen molar-refractivity contribution in [1.82, 2.24) is 0 Å². The van der Waals surface area contributed by atoms with E-state index in [-0.39, 0.29) is 22.7 Å². The molecule has 4 nitrogen and oxygen atoms in total. The predicted octanol–water partition coefficient (Wildman–Crippen LogP) is 3.90. The quantitative estimate of drug-likeness (QED) is 0.842. The first-order chi connectivity index (χ1) is 9.95. The molecule has 0 atom stereocenters. The summed E-state index contributed by atoms with van der Waals surface area (Å²) in [6, 6.07) is 9.37. The van der Waals surface area contributed by atoms with E-state index >= 15 is 0 Å². The molecule has 0 bridgehead atoms. The molecule has 2 aromatic rings. The summed E-state index contributed by atoms with van der Waals surface area (Å²) in [6.45, 7) is -2.92. The SMILES string of the molecule is O=C(Nc1cc(Cl)ccc1O)c1ccc(OC(F)F)cc1. The molecule has 0 saturated carbocycles. The summed E-state index contributed by atoms with van der Waals surface area (Å²) in [5, 5.41) is 12.4. The van der Waals surface area contributed by atoms with E-state index in [9.17, 15) is 18.7 Å². The predicted molar refractivity (Wildman–Crippen MR) is 74.1 cm³/mol. The third kappa shape index (κ3) is 4.06. The minimum absolute atomic E-state index is 0.0489. The first-order valence-corrected chi connectivity index (χ1v) is 6.18. The molecule has 0 radical (unpaired) electrons. The summed E-state index contributed by atoms with van der Waals surface area (Å²) in [5.74, 6) is -0.700. The second kappa shape index (κ2) is 6.41. The van der Waals surface area contributed by atoms with Gasteiger partial charge < -0.3 is 15.2 Å². The van der Waals surface area contributed by atoms with Gasteiger partial charge in [-0.3, -0.25) is 4.79 Å². The summed E-state index contributed by atoms with van der Waals surface area (Å²) >= 11 is 5.77. The Hall–Kier alpha value is -2.34. The van der Waals surface area contributed by atoms with Gasteiger partial charge in [-0.05, 0) is 42.5 Å². The Morgan fingerprint density at radius 3 is 2.48 bits per heavy atom. The molecule has 2 aromatic carbocycles. The molecule has 0 aliphatic heterocycles. The van der Waals surface area contributed by atoms with Crippen molar-refractivity contribution in [2.45, 2.75) is 6.61 Å². The van der Waals surface area contributed by atoms with E-state index in [1.54, 1.807) is 0 Å². The molecule has 2 rings (SSSR count). The van der Waals surface area contributed by atoms with Crippen LogP contribution in [-0.4, -0.2) is 17.6 Å². The lowest BCUT2D eigenvalue weighted by molar-refractivity contribution is -0.0498. The number of aromatic hydroxyl groups is 1. The molecule has 110 valence electrons. The Morgan fingerprint density at radius 2 is 1.86 bits per heavy atom. The molecule has 0 saturated heterocycles. The summed E-state index contributed by atoms with van der Waals surface area (Å²) < 4.78 is 28.2. The summed E-state index contributed by atoms with van der Waals surface area (Å²) in [5.41, 5.74) is 0.372. The van der Waals surface area contributed by atoms with Crippen LogP contribution in [0.4, 0.5) is 14.5 Å². The Bertz CT molecular complexity index is 647. The minimum Gasteiger partial charge on any atom is -0.506 e. The number of carbonyl (C=O) groups excluding carboxylic acids is 1. The first-order valence-electron chi connectivity index (χ1n) is 5.80. The van der Waals surface area contributed by atoms with Crippen LogP contribution in [0, 0.1) is 0 Å². The summed E-state index contributed by atoms with van der Waals surface area (Å²) in [4.78, 5) is 12.0. The molecule has 21 heavy (non-hydrogen) atoms. The summed E-state index contributed by atoms with van der Waals surface area (Å²) in [7, 11) is 0. The fourth-order valence-electron chi connectivity index (χ4n) is 1.59. The largest absolute Gasteiger partial charge is 0.506 e. The average Bonchev–Trinajstić information content (AvgIpc) is 2.43. The number of halogens is 3. The van der Waals surface area contributed by atoms with E-state index in [0.717, 1.165) is 0 Å². The lowest BCUT2D eigenvalue weighted by Crippen LogP contribution is -2.12. The van der Waals surface area contributed by atoms with Gasteiger partial charge in [0.1, 0.15) is 11.5 Å². The minimum atomic E-state index is -2.92. The Morgan fingerprint density at radius 1 is 1.19 bits per heavy atom. The highest BCUT2D eigenvalue weighted by Crippen LogP contribution is 2.27. The maximum Gasteiger partial charge on any atom is 0.387 e. The average molecular weight is 314 g/mol. The molecule has 0 aliphatic rings. The van der Waals surface area contributed by atoms with Gasteiger partial charge in [-0.2, -0.15) is 8.78 Å². The highest BCUT2D eigenvalue weighted by atomic mass is 35.5. The van der Waals surface area contributed by atoms with Crippen molar-refractivity contribution in [2.24, 2.45) is 0 Å². The van der Waals surface area contributed by atoms with Crippen LogP contribution in [0.2, 0.25) is 5.02 Å². The van der Waals surface area contributed by atoms with Crippen LogP contribution in [0.3, 0.4) is 0 Å². The number of rotatable bonds is 4. The monoisotopic (exact) mass is 313 g/mol. The van der Waals surface area contributed by atoms with Gasteiger partial charge in [0.25, 0.3) is 5.91 Å². The zero-order valence-corrected chi connectivity index (χ0v) is 11.3. The number of alkyl halides is 2. The molecule has 2 N–H and O–H groups in total. The maximum absolute atomic E-state index is 12.0. The van der Waals surface area contributed by atoms with Crippen LogP contribution in [0.1, 0.15) is 10.4 Å². The van der Waals surface area contributed by atoms with Crippen molar-refractivity contribution in [3.63, 3.8) is 0 Å². The second-order valence-corrected chi connectivity index (χ2v) is 4.45. The maximum atomic E-state index is 12.0. The third-order valence-electron chi connectivity index (χ3n) is 2.55. The highest BCUT2D eigenvalue weighted by molar-refractivity contribution is 6.31. The topological polar surface area (TPSA) is 58.6 Å². The number of phenols is 1. The number of hydrogen-bond donors (Lipinski definition) is 2. The van der Waals surface area contributed by atoms with Crippen molar-refractivity contribution in [3.05, 3.63) is 53.1 Å². The molecule has 1 amide bonds. The van der Waals surface area contributed by atoms with Gasteiger partial charge >= 0.3 is 6.61 Å². The summed E-state index contributed by atoms with van der Waals surface area (Å²) in [6.07, 6.45) is 0. The molecule has 0 aromatic heterocycles. The van der Waals surface area contributed by atoms with Gasteiger partial charge in [0.15, 0.2) is 0 Å². The number of hydrogen-bond acceptors (Lipinski definition) is 3. The molecular formula is C14H10ClF2NO3. The first kappa shape index (κ1) is 15.1. The van der Waals surface area contributed by atoms with Crippen molar-refractivity contribution in [2.75, 3.05) is 5.32 Å². The lowest BCUT2D eigenvalue weighted by atomic mass is 10.2. The molecule has 0 heterocycles. The van der Waals surface area contributed by atoms with Crippen molar-refractivity contribution < 1.29 is 23.4 Å². The zero-order chi connectivity index (χ0) is 15.4. The molecule has 0 spiro atoms. The van der Waals surface area contributed by atoms with Gasteiger partial charge in [0.2, 0.25) is 0 Å². The van der Waals surface area contributed by atoms with Crippen LogP contribution in [-0.2, 0) is 0 Å². The van der Waals surface area contributed by atoms with E-state index in [1.165, 1.54) is 42.5 Å². The van der Waals surface area contributed by atoms with Gasteiger partial charge in [0, 0.05) is 10.6 Å². The molecule has 0 unspecified atom stereocenters. The van der Waals surface area contributed by atoms with Gasteiger partial charge in [0.05, 0.1) is 5.69 Å². The van der Waals surface area contributed by atoms with Crippen LogP contribution >= 0.6 is 11.6 Å². The lowest BCUT2D eigenvalue weighted by Gasteiger charge is -2.08. The van der Waals surface area contributed by atoms with E-state index < -0.39 is 12.5 Å². The highest BCUT2D eigenvalue weighted by Gasteiger charge is 2.10. The van der Waals surface area contributed by atoms with Crippen LogP contribution in [0.25, 0.3) is 0 Å². The van der Waals surface area contributed by atoms with Gasteiger partial charge in [-0.15, -0.1) is 0 Å². The number of amides is 1. The standard InChI is InChI=1S/C14H10ClF2NO3/c15-9-3-6-12(19)11(7-9)18-13(20)8-1-4-10(5-2-8)21-14(16)17/h1-7,14,19H,(H,18,20). The van der Waals surface area contributed by atoms with Crippen molar-refractivity contribution in [1.29, 1.82) is 0 Å². The van der Waals surface area contributed by atoms with Crippen molar-refractivity contribution in [3.8, 4) is 11.5 Å². The van der Waals surface area contributed by atoms with E-state index in [4.69, 9.17) is 11.6 Å². The smallest absolute Gasteiger partial charge is 0.387 e. The Balaban J connectivity index is 2.11. The molecule has 0 fully saturated rings. The Labute approximate surface area is 123 Å². The number of benzene rings is 2. The zero-order valence-electron chi connectivity index (χ0n) is 10.5. The number of carbonyl (C=O) groups is 1. The van der Waals surface area contributed by atoms with E-state index in [0.29, 0.717) is 5.02 Å². The number of ether oxygens (including phenoxy) is 1. The Kier molecular flexibility index (Phi) is 4.59. The number of nitrogens with one attached hydrogen (secondary N) is 1. The van der Waals surface area contributed by atoms with E-state index in [1.807, 2.05) is 0 Å². The van der Waals surface area contributed by atoms with Crippen LogP contribution in [0.5, 0.6) is 11.5 Å².